The number of carbonyl (C=O) groups is 2. The van der Waals surface area contributed by atoms with E-state index in [4.69, 9.17) is 0 Å². The van der Waals surface area contributed by atoms with Crippen molar-refractivity contribution in [1.82, 2.24) is 15.1 Å². The lowest BCUT2D eigenvalue weighted by Gasteiger charge is -2.36. The van der Waals surface area contributed by atoms with Gasteiger partial charge in [-0.3, -0.25) is 14.5 Å². The molecule has 0 aliphatic carbocycles. The van der Waals surface area contributed by atoms with E-state index in [1.807, 2.05) is 11.0 Å². The molecule has 0 spiro atoms. The third kappa shape index (κ3) is 6.00. The van der Waals surface area contributed by atoms with E-state index in [-0.39, 0.29) is 42.6 Å². The number of amides is 2. The Morgan fingerprint density at radius 3 is 2.59 bits per heavy atom. The first-order chi connectivity index (χ1) is 13.4. The van der Waals surface area contributed by atoms with Crippen molar-refractivity contribution in [3.05, 3.63) is 65.5 Å². The second-order valence-corrected chi connectivity index (χ2v) is 7.07. The van der Waals surface area contributed by atoms with Gasteiger partial charge in [0.2, 0.25) is 5.91 Å². The largest absolute Gasteiger partial charge is 0.345 e. The lowest BCUT2D eigenvalue weighted by molar-refractivity contribution is -0.118. The molecular weight excluding hydrogens is 395 g/mol. The van der Waals surface area contributed by atoms with Crippen LogP contribution in [-0.4, -0.2) is 61.9 Å². The molecule has 1 aliphatic rings. The second-order valence-electron chi connectivity index (χ2n) is 7.07. The highest BCUT2D eigenvalue weighted by atomic mass is 35.5. The zero-order valence-electron chi connectivity index (χ0n) is 16.5. The van der Waals surface area contributed by atoms with E-state index in [0.717, 1.165) is 12.1 Å². The van der Waals surface area contributed by atoms with Crippen LogP contribution in [0.1, 0.15) is 22.0 Å². The molecular formula is C21H26ClFN4O2. The third-order valence-corrected chi connectivity index (χ3v) is 4.76. The van der Waals surface area contributed by atoms with E-state index < -0.39 is 0 Å². The molecule has 1 aliphatic heterocycles. The molecule has 29 heavy (non-hydrogen) atoms. The van der Waals surface area contributed by atoms with Crippen LogP contribution in [0.15, 0.2) is 48.5 Å². The minimum atomic E-state index is -0.278. The van der Waals surface area contributed by atoms with Gasteiger partial charge in [0, 0.05) is 51.0 Å². The Kier molecular flexibility index (Phi) is 8.13. The van der Waals surface area contributed by atoms with Crippen LogP contribution in [0.5, 0.6) is 0 Å². The van der Waals surface area contributed by atoms with Crippen LogP contribution in [0.2, 0.25) is 0 Å². The molecule has 156 valence electrons. The maximum atomic E-state index is 13.6. The molecule has 0 bridgehead atoms. The Hall–Kier alpha value is -2.48. The van der Waals surface area contributed by atoms with Gasteiger partial charge in [-0.2, -0.15) is 0 Å². The average Bonchev–Trinajstić information content (AvgIpc) is 2.68. The number of hydrogen-bond acceptors (Lipinski definition) is 4. The minimum absolute atomic E-state index is 0. The maximum absolute atomic E-state index is 13.6. The van der Waals surface area contributed by atoms with E-state index in [0.29, 0.717) is 24.3 Å². The number of carbonyl (C=O) groups excluding carboxylic acids is 2. The molecule has 1 atom stereocenters. The summed E-state index contributed by atoms with van der Waals surface area (Å²) in [4.78, 5) is 28.0. The Balaban J connectivity index is 0.00000300. The first-order valence-electron chi connectivity index (χ1n) is 9.26. The number of halogens is 2. The third-order valence-electron chi connectivity index (χ3n) is 4.76. The molecule has 1 unspecified atom stereocenters. The first-order valence-corrected chi connectivity index (χ1v) is 9.26. The number of nitrogens with one attached hydrogen (secondary N) is 2. The lowest BCUT2D eigenvalue weighted by atomic mass is 10.0. The fourth-order valence-corrected chi connectivity index (χ4v) is 3.32. The topological polar surface area (TPSA) is 64.7 Å². The van der Waals surface area contributed by atoms with Gasteiger partial charge in [-0.1, -0.05) is 12.1 Å². The molecule has 1 saturated heterocycles. The van der Waals surface area contributed by atoms with Crippen LogP contribution in [0.25, 0.3) is 0 Å². The number of hydrogen-bond donors (Lipinski definition) is 2. The van der Waals surface area contributed by atoms with Crippen molar-refractivity contribution < 1.29 is 14.0 Å². The highest BCUT2D eigenvalue weighted by Crippen LogP contribution is 2.23. The fraction of sp³-hybridized carbons (Fsp3) is 0.333. The summed E-state index contributed by atoms with van der Waals surface area (Å²) in [5.74, 6) is -0.508. The van der Waals surface area contributed by atoms with Crippen LogP contribution in [0, 0.1) is 5.82 Å². The predicted octanol–water partition coefficient (Wildman–Crippen LogP) is 2.53. The van der Waals surface area contributed by atoms with Gasteiger partial charge in [0.05, 0.1) is 6.54 Å². The van der Waals surface area contributed by atoms with Crippen LogP contribution >= 0.6 is 12.4 Å². The normalized spacial score (nSPS) is 16.6. The summed E-state index contributed by atoms with van der Waals surface area (Å²) in [6.07, 6.45) is 0. The Bertz CT molecular complexity index is 845. The highest BCUT2D eigenvalue weighted by Gasteiger charge is 2.25. The summed E-state index contributed by atoms with van der Waals surface area (Å²) in [6.45, 7) is 2.35. The van der Waals surface area contributed by atoms with Crippen molar-refractivity contribution in [3.63, 3.8) is 0 Å². The molecule has 0 saturated carbocycles. The van der Waals surface area contributed by atoms with Crippen molar-refractivity contribution in [2.75, 3.05) is 45.6 Å². The van der Waals surface area contributed by atoms with Crippen molar-refractivity contribution in [2.24, 2.45) is 0 Å². The summed E-state index contributed by atoms with van der Waals surface area (Å²) >= 11 is 0. The number of piperazine rings is 1. The number of benzene rings is 2. The highest BCUT2D eigenvalue weighted by molar-refractivity contribution is 5.96. The quantitative estimate of drug-likeness (QED) is 0.780. The molecule has 0 radical (unpaired) electrons. The van der Waals surface area contributed by atoms with Crippen molar-refractivity contribution in [1.29, 1.82) is 0 Å². The van der Waals surface area contributed by atoms with Crippen LogP contribution in [0.3, 0.4) is 0 Å². The molecule has 3 rings (SSSR count). The summed E-state index contributed by atoms with van der Waals surface area (Å²) in [5.41, 5.74) is 2.06. The Labute approximate surface area is 176 Å². The first kappa shape index (κ1) is 22.8. The van der Waals surface area contributed by atoms with Crippen LogP contribution < -0.4 is 10.6 Å². The van der Waals surface area contributed by atoms with Crippen molar-refractivity contribution in [3.8, 4) is 0 Å². The van der Waals surface area contributed by atoms with E-state index in [2.05, 4.69) is 10.6 Å². The Morgan fingerprint density at radius 1 is 1.21 bits per heavy atom. The fourth-order valence-electron chi connectivity index (χ4n) is 3.32. The minimum Gasteiger partial charge on any atom is -0.345 e. The van der Waals surface area contributed by atoms with Gasteiger partial charge in [0.25, 0.3) is 5.91 Å². The monoisotopic (exact) mass is 420 g/mol. The van der Waals surface area contributed by atoms with Gasteiger partial charge < -0.3 is 15.5 Å². The van der Waals surface area contributed by atoms with Crippen LogP contribution in [-0.2, 0) is 4.79 Å². The van der Waals surface area contributed by atoms with Gasteiger partial charge in [0.1, 0.15) is 5.82 Å². The standard InChI is InChI=1S/C21H25FN4O2.ClH/c1-25(2)21(28)15-6-8-18(9-7-15)24-20(27)14-26-11-10-23-13-19(26)16-4-3-5-17(22)12-16;/h3-9,12,19,23H,10-11,13-14H2,1-2H3,(H,24,27);1H. The van der Waals surface area contributed by atoms with E-state index in [1.165, 1.54) is 17.0 Å². The zero-order valence-corrected chi connectivity index (χ0v) is 17.3. The van der Waals surface area contributed by atoms with Gasteiger partial charge >= 0.3 is 0 Å². The van der Waals surface area contributed by atoms with Gasteiger partial charge in [-0.15, -0.1) is 12.4 Å². The molecule has 0 aromatic heterocycles. The van der Waals surface area contributed by atoms with Crippen molar-refractivity contribution >= 4 is 29.9 Å². The lowest BCUT2D eigenvalue weighted by Crippen LogP contribution is -2.48. The maximum Gasteiger partial charge on any atom is 0.253 e. The predicted molar refractivity (Wildman–Crippen MR) is 114 cm³/mol. The number of rotatable bonds is 5. The van der Waals surface area contributed by atoms with E-state index in [9.17, 15) is 14.0 Å². The molecule has 8 heteroatoms. The summed E-state index contributed by atoms with van der Waals surface area (Å²) in [7, 11) is 3.39. The number of nitrogens with zero attached hydrogens (tertiary/aromatic N) is 2. The van der Waals surface area contributed by atoms with E-state index in [1.54, 1.807) is 44.4 Å². The molecule has 2 N–H and O–H groups in total. The van der Waals surface area contributed by atoms with Crippen molar-refractivity contribution in [2.45, 2.75) is 6.04 Å². The average molecular weight is 421 g/mol. The van der Waals surface area contributed by atoms with Gasteiger partial charge in [-0.05, 0) is 42.0 Å². The summed E-state index contributed by atoms with van der Waals surface area (Å²) < 4.78 is 13.6. The molecule has 1 heterocycles. The van der Waals surface area contributed by atoms with Gasteiger partial charge in [-0.25, -0.2) is 4.39 Å². The summed E-state index contributed by atoms with van der Waals surface area (Å²) in [5, 5.41) is 6.17. The Morgan fingerprint density at radius 2 is 1.93 bits per heavy atom. The molecule has 2 amide bonds. The summed E-state index contributed by atoms with van der Waals surface area (Å²) in [6, 6.07) is 13.3. The van der Waals surface area contributed by atoms with E-state index >= 15 is 0 Å². The number of anilines is 1. The zero-order chi connectivity index (χ0) is 20.1. The molecule has 6 nitrogen and oxygen atoms in total. The SMILES string of the molecule is CN(C)C(=O)c1ccc(NC(=O)CN2CCNCC2c2cccc(F)c2)cc1.Cl. The van der Waals surface area contributed by atoms with Crippen LogP contribution in [0.4, 0.5) is 10.1 Å². The second kappa shape index (κ2) is 10.3. The molecule has 2 aromatic carbocycles. The molecule has 1 fully saturated rings. The van der Waals surface area contributed by atoms with Gasteiger partial charge in [0.15, 0.2) is 0 Å². The molecule has 2 aromatic rings. The smallest absolute Gasteiger partial charge is 0.253 e.